The summed E-state index contributed by atoms with van der Waals surface area (Å²) in [4.78, 5) is 23.3. The van der Waals surface area contributed by atoms with E-state index in [1.54, 1.807) is 4.52 Å². The fraction of sp³-hybridized carbons (Fsp3) is 0.625. The summed E-state index contributed by atoms with van der Waals surface area (Å²) >= 11 is 1.40. The Morgan fingerprint density at radius 3 is 2.96 bits per heavy atom. The van der Waals surface area contributed by atoms with Crippen molar-refractivity contribution in [1.82, 2.24) is 24.5 Å². The van der Waals surface area contributed by atoms with Crippen LogP contribution in [0.25, 0.3) is 5.78 Å². The van der Waals surface area contributed by atoms with Gasteiger partial charge in [0.05, 0.1) is 5.75 Å². The molecule has 0 aromatic carbocycles. The van der Waals surface area contributed by atoms with Crippen LogP contribution in [0.5, 0.6) is 0 Å². The number of likely N-dealkylation sites (tertiary alicyclic amines) is 1. The highest BCUT2D eigenvalue weighted by Crippen LogP contribution is 2.22. The standard InChI is InChI=1S/C16H23N5OS/c1-4-13-7-5-6-8-20(13)14(22)10-23-16-18-15-17-11(2)9-12(3)21(15)19-16/h9,13H,4-8,10H2,1-3H3/t13-/m1/s1. The van der Waals surface area contributed by atoms with Crippen LogP contribution in [0.2, 0.25) is 0 Å². The maximum atomic E-state index is 12.5. The van der Waals surface area contributed by atoms with Crippen LogP contribution in [0, 0.1) is 13.8 Å². The Hall–Kier alpha value is -1.63. The maximum absolute atomic E-state index is 12.5. The van der Waals surface area contributed by atoms with Crippen molar-refractivity contribution in [3.63, 3.8) is 0 Å². The summed E-state index contributed by atoms with van der Waals surface area (Å²) in [7, 11) is 0. The van der Waals surface area contributed by atoms with Gasteiger partial charge in [0.15, 0.2) is 0 Å². The second kappa shape index (κ2) is 6.86. The number of nitrogens with zero attached hydrogens (tertiary/aromatic N) is 5. The summed E-state index contributed by atoms with van der Waals surface area (Å²) < 4.78 is 1.73. The van der Waals surface area contributed by atoms with Crippen molar-refractivity contribution in [3.8, 4) is 0 Å². The molecule has 3 heterocycles. The van der Waals surface area contributed by atoms with Crippen molar-refractivity contribution in [1.29, 1.82) is 0 Å². The molecule has 2 aromatic heterocycles. The van der Waals surface area contributed by atoms with Gasteiger partial charge in [0, 0.05) is 24.0 Å². The lowest BCUT2D eigenvalue weighted by atomic mass is 10.0. The van der Waals surface area contributed by atoms with Gasteiger partial charge in [0.1, 0.15) is 0 Å². The lowest BCUT2D eigenvalue weighted by Gasteiger charge is -2.35. The van der Waals surface area contributed by atoms with Crippen molar-refractivity contribution in [2.45, 2.75) is 57.7 Å². The average Bonchev–Trinajstić information content (AvgIpc) is 2.95. The lowest BCUT2D eigenvalue weighted by Crippen LogP contribution is -2.44. The third-order valence-electron chi connectivity index (χ3n) is 4.34. The predicted octanol–water partition coefficient (Wildman–Crippen LogP) is 2.62. The van der Waals surface area contributed by atoms with Crippen LogP contribution >= 0.6 is 11.8 Å². The molecule has 2 aromatic rings. The van der Waals surface area contributed by atoms with E-state index in [1.165, 1.54) is 18.2 Å². The lowest BCUT2D eigenvalue weighted by molar-refractivity contribution is -0.132. The zero-order valence-corrected chi connectivity index (χ0v) is 14.8. The van der Waals surface area contributed by atoms with Crippen LogP contribution in [-0.4, -0.2) is 48.7 Å². The van der Waals surface area contributed by atoms with Crippen LogP contribution in [0.1, 0.15) is 44.0 Å². The summed E-state index contributed by atoms with van der Waals surface area (Å²) in [6.07, 6.45) is 4.50. The van der Waals surface area contributed by atoms with Crippen LogP contribution in [0.3, 0.4) is 0 Å². The Balaban J connectivity index is 1.68. The molecular formula is C16H23N5OS. The largest absolute Gasteiger partial charge is 0.339 e. The first-order valence-corrected chi connectivity index (χ1v) is 9.20. The highest BCUT2D eigenvalue weighted by atomic mass is 32.2. The number of rotatable bonds is 4. The number of piperidine rings is 1. The molecule has 124 valence electrons. The van der Waals surface area contributed by atoms with Crippen molar-refractivity contribution >= 4 is 23.4 Å². The number of aryl methyl sites for hydroxylation is 2. The van der Waals surface area contributed by atoms with E-state index in [9.17, 15) is 4.79 Å². The first-order chi connectivity index (χ1) is 11.1. The number of hydrogen-bond acceptors (Lipinski definition) is 5. The molecule has 1 fully saturated rings. The van der Waals surface area contributed by atoms with E-state index in [4.69, 9.17) is 0 Å². The van der Waals surface area contributed by atoms with E-state index in [0.29, 0.717) is 22.7 Å². The molecule has 0 radical (unpaired) electrons. The van der Waals surface area contributed by atoms with Gasteiger partial charge < -0.3 is 4.90 Å². The molecule has 1 amide bonds. The summed E-state index contributed by atoms with van der Waals surface area (Å²) in [6.45, 7) is 6.97. The van der Waals surface area contributed by atoms with Crippen molar-refractivity contribution in [2.24, 2.45) is 0 Å². The second-order valence-corrected chi connectivity index (χ2v) is 7.02. The minimum atomic E-state index is 0.196. The molecule has 1 aliphatic heterocycles. The fourth-order valence-corrected chi connectivity index (χ4v) is 3.88. The number of carbonyl (C=O) groups is 1. The molecule has 0 aliphatic carbocycles. The number of thioether (sulfide) groups is 1. The van der Waals surface area contributed by atoms with Gasteiger partial charge in [-0.05, 0) is 45.6 Å². The van der Waals surface area contributed by atoms with E-state index in [1.807, 2.05) is 24.8 Å². The Bertz CT molecular complexity index is 714. The zero-order chi connectivity index (χ0) is 16.4. The molecule has 3 rings (SSSR count). The van der Waals surface area contributed by atoms with Gasteiger partial charge >= 0.3 is 0 Å². The summed E-state index contributed by atoms with van der Waals surface area (Å²) in [6, 6.07) is 2.37. The molecular weight excluding hydrogens is 310 g/mol. The Morgan fingerprint density at radius 2 is 2.17 bits per heavy atom. The summed E-state index contributed by atoms with van der Waals surface area (Å²) in [5.41, 5.74) is 1.93. The normalized spacial score (nSPS) is 18.6. The minimum absolute atomic E-state index is 0.196. The summed E-state index contributed by atoms with van der Waals surface area (Å²) in [5, 5.41) is 5.06. The molecule has 0 N–H and O–H groups in total. The number of amides is 1. The topological polar surface area (TPSA) is 63.4 Å². The number of fused-ring (bicyclic) bond motifs is 1. The molecule has 0 bridgehead atoms. The monoisotopic (exact) mass is 333 g/mol. The quantitative estimate of drug-likeness (QED) is 0.805. The minimum Gasteiger partial charge on any atom is -0.339 e. The highest BCUT2D eigenvalue weighted by Gasteiger charge is 2.25. The molecule has 7 heteroatoms. The van der Waals surface area contributed by atoms with E-state index in [-0.39, 0.29) is 5.91 Å². The Morgan fingerprint density at radius 1 is 1.35 bits per heavy atom. The molecule has 23 heavy (non-hydrogen) atoms. The van der Waals surface area contributed by atoms with Crippen molar-refractivity contribution < 1.29 is 4.79 Å². The number of carbonyl (C=O) groups excluding carboxylic acids is 1. The van der Waals surface area contributed by atoms with Crippen LogP contribution in [0.4, 0.5) is 0 Å². The van der Waals surface area contributed by atoms with Gasteiger partial charge in [-0.15, -0.1) is 5.10 Å². The zero-order valence-electron chi connectivity index (χ0n) is 13.9. The third-order valence-corrected chi connectivity index (χ3v) is 5.16. The number of hydrogen-bond donors (Lipinski definition) is 0. The van der Waals surface area contributed by atoms with E-state index in [2.05, 4.69) is 22.0 Å². The summed E-state index contributed by atoms with van der Waals surface area (Å²) in [5.74, 6) is 1.19. The molecule has 1 atom stereocenters. The average molecular weight is 333 g/mol. The van der Waals surface area contributed by atoms with Crippen LogP contribution < -0.4 is 0 Å². The molecule has 1 aliphatic rings. The SMILES string of the molecule is CC[C@@H]1CCCCN1C(=O)CSc1nc2nc(C)cc(C)n2n1. The Kier molecular flexibility index (Phi) is 4.84. The fourth-order valence-electron chi connectivity index (χ4n) is 3.17. The van der Waals surface area contributed by atoms with Gasteiger partial charge in [-0.1, -0.05) is 18.7 Å². The van der Waals surface area contributed by atoms with Crippen LogP contribution in [0.15, 0.2) is 11.2 Å². The third kappa shape index (κ3) is 3.49. The van der Waals surface area contributed by atoms with E-state index >= 15 is 0 Å². The predicted molar refractivity (Wildman–Crippen MR) is 90.6 cm³/mol. The van der Waals surface area contributed by atoms with Gasteiger partial charge in [-0.25, -0.2) is 9.50 Å². The highest BCUT2D eigenvalue weighted by molar-refractivity contribution is 7.99. The number of aromatic nitrogens is 4. The van der Waals surface area contributed by atoms with E-state index in [0.717, 1.165) is 37.2 Å². The van der Waals surface area contributed by atoms with Gasteiger partial charge in [-0.2, -0.15) is 4.98 Å². The van der Waals surface area contributed by atoms with Crippen molar-refractivity contribution in [3.05, 3.63) is 17.5 Å². The van der Waals surface area contributed by atoms with Crippen LogP contribution in [-0.2, 0) is 4.79 Å². The molecule has 0 unspecified atom stereocenters. The second-order valence-electron chi connectivity index (χ2n) is 6.08. The first kappa shape index (κ1) is 16.2. The Labute approximate surface area is 140 Å². The maximum Gasteiger partial charge on any atom is 0.253 e. The van der Waals surface area contributed by atoms with Gasteiger partial charge in [0.25, 0.3) is 5.78 Å². The first-order valence-electron chi connectivity index (χ1n) is 8.21. The molecule has 1 saturated heterocycles. The van der Waals surface area contributed by atoms with E-state index < -0.39 is 0 Å². The smallest absolute Gasteiger partial charge is 0.253 e. The molecule has 0 spiro atoms. The van der Waals surface area contributed by atoms with Gasteiger partial charge in [-0.3, -0.25) is 4.79 Å². The molecule has 0 saturated carbocycles. The van der Waals surface area contributed by atoms with Crippen molar-refractivity contribution in [2.75, 3.05) is 12.3 Å². The molecule has 6 nitrogen and oxygen atoms in total. The van der Waals surface area contributed by atoms with Gasteiger partial charge in [0.2, 0.25) is 11.1 Å².